The average Bonchev–Trinajstić information content (AvgIpc) is 2.74. The fourth-order valence-corrected chi connectivity index (χ4v) is 2.59. The molecule has 1 fully saturated rings. The second-order valence-corrected chi connectivity index (χ2v) is 5.01. The van der Waals surface area contributed by atoms with E-state index in [1.54, 1.807) is 0 Å². The van der Waals surface area contributed by atoms with Crippen LogP contribution in [0.1, 0.15) is 45.4 Å². The van der Waals surface area contributed by atoms with Gasteiger partial charge >= 0.3 is 0 Å². The number of hydrogen-bond donors (Lipinski definition) is 1. The van der Waals surface area contributed by atoms with E-state index in [1.165, 1.54) is 24.8 Å². The monoisotopic (exact) mass is 207 g/mol. The van der Waals surface area contributed by atoms with E-state index in [0.29, 0.717) is 11.7 Å². The van der Waals surface area contributed by atoms with Crippen LogP contribution in [-0.4, -0.2) is 18.4 Å². The molecule has 0 aromatic carbocycles. The Labute approximate surface area is 92.1 Å². The van der Waals surface area contributed by atoms with Crippen LogP contribution in [0.15, 0.2) is 11.6 Å². The van der Waals surface area contributed by atoms with Crippen LogP contribution in [0.25, 0.3) is 0 Å². The first-order valence-corrected chi connectivity index (χ1v) is 6.17. The molecule has 0 aromatic heterocycles. The Morgan fingerprint density at radius 2 is 2.40 bits per heavy atom. The van der Waals surface area contributed by atoms with Crippen molar-refractivity contribution in [3.05, 3.63) is 11.6 Å². The fraction of sp³-hybridized carbons (Fsp3) is 0.769. The fourth-order valence-electron chi connectivity index (χ4n) is 2.59. The Kier molecular flexibility index (Phi) is 3.57. The minimum atomic E-state index is 0.178. The zero-order valence-corrected chi connectivity index (χ0v) is 9.59. The molecule has 0 aromatic rings. The van der Waals surface area contributed by atoms with Crippen molar-refractivity contribution in [2.24, 2.45) is 5.92 Å². The second-order valence-electron chi connectivity index (χ2n) is 5.01. The molecule has 0 bridgehead atoms. The SMILES string of the molecule is CC1=CC[C@H](CC(=O)[C@@H]2CCCN2)CC1. The number of carbonyl (C=O) groups excluding carboxylic acids is 1. The Morgan fingerprint density at radius 1 is 1.53 bits per heavy atom. The summed E-state index contributed by atoms with van der Waals surface area (Å²) in [5, 5.41) is 3.29. The van der Waals surface area contributed by atoms with E-state index in [-0.39, 0.29) is 6.04 Å². The third kappa shape index (κ3) is 2.91. The van der Waals surface area contributed by atoms with Crippen LogP contribution in [0.4, 0.5) is 0 Å². The topological polar surface area (TPSA) is 29.1 Å². The van der Waals surface area contributed by atoms with Crippen LogP contribution in [-0.2, 0) is 4.79 Å². The minimum Gasteiger partial charge on any atom is -0.307 e. The van der Waals surface area contributed by atoms with Gasteiger partial charge in [-0.1, -0.05) is 11.6 Å². The number of carbonyl (C=O) groups is 1. The standard InChI is InChI=1S/C13H21NO/c1-10-4-6-11(7-5-10)9-13(15)12-3-2-8-14-12/h4,11-12,14H,2-3,5-9H2,1H3/t11-,12-/m0/s1. The second kappa shape index (κ2) is 4.93. The summed E-state index contributed by atoms with van der Waals surface area (Å²) in [6, 6.07) is 0.178. The van der Waals surface area contributed by atoms with Gasteiger partial charge in [-0.2, -0.15) is 0 Å². The number of allylic oxidation sites excluding steroid dienone is 2. The van der Waals surface area contributed by atoms with Crippen molar-refractivity contribution in [2.75, 3.05) is 6.54 Å². The molecule has 1 N–H and O–H groups in total. The molecule has 1 saturated heterocycles. The number of hydrogen-bond acceptors (Lipinski definition) is 2. The maximum Gasteiger partial charge on any atom is 0.150 e. The summed E-state index contributed by atoms with van der Waals surface area (Å²) in [5.41, 5.74) is 1.50. The lowest BCUT2D eigenvalue weighted by Crippen LogP contribution is -2.32. The smallest absolute Gasteiger partial charge is 0.150 e. The zero-order chi connectivity index (χ0) is 10.7. The third-order valence-electron chi connectivity index (χ3n) is 3.69. The van der Waals surface area contributed by atoms with Crippen molar-refractivity contribution in [3.63, 3.8) is 0 Å². The molecule has 1 aliphatic heterocycles. The third-order valence-corrected chi connectivity index (χ3v) is 3.69. The van der Waals surface area contributed by atoms with Crippen LogP contribution in [0, 0.1) is 5.92 Å². The van der Waals surface area contributed by atoms with Crippen molar-refractivity contribution in [1.82, 2.24) is 5.32 Å². The predicted molar refractivity (Wildman–Crippen MR) is 61.7 cm³/mol. The van der Waals surface area contributed by atoms with Gasteiger partial charge in [-0.25, -0.2) is 0 Å². The van der Waals surface area contributed by atoms with Gasteiger partial charge in [0, 0.05) is 6.42 Å². The predicted octanol–water partition coefficient (Wildman–Crippen LogP) is 2.44. The molecule has 0 spiro atoms. The first kappa shape index (κ1) is 10.9. The van der Waals surface area contributed by atoms with Crippen LogP contribution >= 0.6 is 0 Å². The largest absolute Gasteiger partial charge is 0.307 e. The zero-order valence-electron chi connectivity index (χ0n) is 9.59. The Bertz CT molecular complexity index is 264. The Morgan fingerprint density at radius 3 is 3.00 bits per heavy atom. The lowest BCUT2D eigenvalue weighted by molar-refractivity contribution is -0.121. The van der Waals surface area contributed by atoms with Gasteiger partial charge in [0.15, 0.2) is 0 Å². The van der Waals surface area contributed by atoms with Crippen LogP contribution in [0.5, 0.6) is 0 Å². The van der Waals surface area contributed by atoms with E-state index < -0.39 is 0 Å². The molecule has 2 nitrogen and oxygen atoms in total. The molecule has 0 saturated carbocycles. The highest BCUT2D eigenvalue weighted by molar-refractivity contribution is 5.84. The minimum absolute atomic E-state index is 0.178. The average molecular weight is 207 g/mol. The lowest BCUT2D eigenvalue weighted by atomic mass is 9.85. The summed E-state index contributed by atoms with van der Waals surface area (Å²) < 4.78 is 0. The molecule has 2 atom stereocenters. The molecule has 0 amide bonds. The van der Waals surface area contributed by atoms with Gasteiger partial charge < -0.3 is 5.32 Å². The highest BCUT2D eigenvalue weighted by atomic mass is 16.1. The van der Waals surface area contributed by atoms with Gasteiger partial charge in [0.25, 0.3) is 0 Å². The van der Waals surface area contributed by atoms with Crippen molar-refractivity contribution in [1.29, 1.82) is 0 Å². The molecule has 2 rings (SSSR count). The van der Waals surface area contributed by atoms with E-state index in [2.05, 4.69) is 18.3 Å². The van der Waals surface area contributed by atoms with Crippen molar-refractivity contribution in [2.45, 2.75) is 51.5 Å². The molecule has 1 aliphatic carbocycles. The molecule has 84 valence electrons. The molecule has 2 heteroatoms. The molecule has 2 aliphatic rings. The maximum atomic E-state index is 11.9. The van der Waals surface area contributed by atoms with Gasteiger partial charge in [-0.3, -0.25) is 4.79 Å². The summed E-state index contributed by atoms with van der Waals surface area (Å²) in [5.74, 6) is 1.06. The van der Waals surface area contributed by atoms with Gasteiger partial charge in [0.05, 0.1) is 6.04 Å². The first-order valence-electron chi connectivity index (χ1n) is 6.17. The van der Waals surface area contributed by atoms with Gasteiger partial charge in [0.2, 0.25) is 0 Å². The first-order chi connectivity index (χ1) is 7.25. The number of ketones is 1. The number of nitrogens with one attached hydrogen (secondary N) is 1. The molecule has 0 radical (unpaired) electrons. The number of rotatable bonds is 3. The van der Waals surface area contributed by atoms with Crippen LogP contribution in [0.2, 0.25) is 0 Å². The van der Waals surface area contributed by atoms with Crippen LogP contribution in [0.3, 0.4) is 0 Å². The normalized spacial score (nSPS) is 31.4. The maximum absolute atomic E-state index is 11.9. The summed E-state index contributed by atoms with van der Waals surface area (Å²) in [4.78, 5) is 11.9. The summed E-state index contributed by atoms with van der Waals surface area (Å²) in [6.45, 7) is 3.22. The van der Waals surface area contributed by atoms with E-state index >= 15 is 0 Å². The highest BCUT2D eigenvalue weighted by Crippen LogP contribution is 2.26. The van der Waals surface area contributed by atoms with E-state index in [0.717, 1.165) is 25.8 Å². The van der Waals surface area contributed by atoms with Crippen LogP contribution < -0.4 is 5.32 Å². The lowest BCUT2D eigenvalue weighted by Gasteiger charge is -2.21. The highest BCUT2D eigenvalue weighted by Gasteiger charge is 2.24. The molecule has 15 heavy (non-hydrogen) atoms. The van der Waals surface area contributed by atoms with E-state index in [4.69, 9.17) is 0 Å². The molecular formula is C13H21NO. The molecule has 1 heterocycles. The summed E-state index contributed by atoms with van der Waals surface area (Å²) >= 11 is 0. The number of Topliss-reactive ketones (excluding diaryl/α,β-unsaturated/α-hetero) is 1. The Balaban J connectivity index is 1.79. The summed E-state index contributed by atoms with van der Waals surface area (Å²) in [6.07, 6.45) is 8.84. The van der Waals surface area contributed by atoms with Crippen molar-refractivity contribution >= 4 is 5.78 Å². The van der Waals surface area contributed by atoms with Crippen molar-refractivity contribution < 1.29 is 4.79 Å². The van der Waals surface area contributed by atoms with E-state index in [9.17, 15) is 4.79 Å². The van der Waals surface area contributed by atoms with Gasteiger partial charge in [0.1, 0.15) is 5.78 Å². The van der Waals surface area contributed by atoms with Crippen molar-refractivity contribution in [3.8, 4) is 0 Å². The van der Waals surface area contributed by atoms with Gasteiger partial charge in [-0.05, 0) is 51.5 Å². The van der Waals surface area contributed by atoms with E-state index in [1.807, 2.05) is 0 Å². The molecule has 0 unspecified atom stereocenters. The Hall–Kier alpha value is -0.630. The van der Waals surface area contributed by atoms with Gasteiger partial charge in [-0.15, -0.1) is 0 Å². The molecular weight excluding hydrogens is 186 g/mol. The summed E-state index contributed by atoms with van der Waals surface area (Å²) in [7, 11) is 0. The quantitative estimate of drug-likeness (QED) is 0.720.